The van der Waals surface area contributed by atoms with Crippen LogP contribution in [0.4, 0.5) is 0 Å². The Balaban J connectivity index is 1.29. The molecule has 0 fully saturated rings. The minimum Gasteiger partial charge on any atom is -0.486 e. The molecule has 0 radical (unpaired) electrons. The predicted octanol–water partition coefficient (Wildman–Crippen LogP) is 4.12. The molecule has 4 aromatic rings. The molecule has 1 N–H and O–H groups in total. The lowest BCUT2D eigenvalue weighted by Gasteiger charge is -2.18. The van der Waals surface area contributed by atoms with E-state index in [0.29, 0.717) is 31.1 Å². The number of ether oxygens (including phenoxy) is 2. The van der Waals surface area contributed by atoms with Crippen molar-refractivity contribution in [2.24, 2.45) is 0 Å². The van der Waals surface area contributed by atoms with Gasteiger partial charge in [-0.25, -0.2) is 0 Å². The van der Waals surface area contributed by atoms with Crippen molar-refractivity contribution < 1.29 is 14.3 Å². The van der Waals surface area contributed by atoms with Crippen LogP contribution in [0.25, 0.3) is 22.3 Å². The van der Waals surface area contributed by atoms with E-state index in [0.717, 1.165) is 45.3 Å². The van der Waals surface area contributed by atoms with E-state index in [9.17, 15) is 4.79 Å². The van der Waals surface area contributed by atoms with Gasteiger partial charge in [-0.05, 0) is 30.7 Å². The summed E-state index contributed by atoms with van der Waals surface area (Å²) in [6, 6.07) is 13.8. The van der Waals surface area contributed by atoms with Crippen molar-refractivity contribution in [1.82, 2.24) is 19.7 Å². The number of fused-ring (bicyclic) bond motifs is 2. The molecule has 8 heteroatoms. The molecule has 2 aromatic heterocycles. The number of carbonyl (C=O) groups excluding carboxylic acids is 1. The second-order valence-electron chi connectivity index (χ2n) is 7.28. The summed E-state index contributed by atoms with van der Waals surface area (Å²) in [6.45, 7) is 3.87. The fourth-order valence-corrected chi connectivity index (χ4v) is 4.62. The van der Waals surface area contributed by atoms with Crippen LogP contribution in [0, 0.1) is 0 Å². The molecule has 1 aliphatic heterocycles. The number of benzene rings is 2. The van der Waals surface area contributed by atoms with Crippen molar-refractivity contribution in [2.45, 2.75) is 25.0 Å². The first-order valence-corrected chi connectivity index (χ1v) is 11.2. The minimum atomic E-state index is 0.126. The Kier molecular flexibility index (Phi) is 5.38. The summed E-state index contributed by atoms with van der Waals surface area (Å²) in [5.41, 5.74) is 3.00. The van der Waals surface area contributed by atoms with Gasteiger partial charge in [0, 0.05) is 35.6 Å². The molecule has 7 nitrogen and oxygen atoms in total. The van der Waals surface area contributed by atoms with Crippen LogP contribution in [0.15, 0.2) is 53.8 Å². The van der Waals surface area contributed by atoms with Crippen molar-refractivity contribution in [2.75, 3.05) is 19.0 Å². The summed E-state index contributed by atoms with van der Waals surface area (Å²) in [4.78, 5) is 15.9. The maximum Gasteiger partial charge on any atom is 0.191 e. The van der Waals surface area contributed by atoms with Crippen LogP contribution in [0.3, 0.4) is 0 Å². The summed E-state index contributed by atoms with van der Waals surface area (Å²) in [6.07, 6.45) is 2.31. The smallest absolute Gasteiger partial charge is 0.191 e. The maximum atomic E-state index is 12.6. The highest BCUT2D eigenvalue weighted by Crippen LogP contribution is 2.32. The van der Waals surface area contributed by atoms with Crippen LogP contribution in [0.5, 0.6) is 11.5 Å². The van der Waals surface area contributed by atoms with Crippen LogP contribution in [0.1, 0.15) is 12.5 Å². The van der Waals surface area contributed by atoms with E-state index in [2.05, 4.69) is 32.7 Å². The van der Waals surface area contributed by atoms with Crippen LogP contribution < -0.4 is 9.47 Å². The van der Waals surface area contributed by atoms with E-state index in [-0.39, 0.29) is 5.78 Å². The molecule has 0 saturated heterocycles. The number of rotatable bonds is 7. The molecule has 0 aliphatic carbocycles. The van der Waals surface area contributed by atoms with Crippen molar-refractivity contribution in [3.8, 4) is 22.9 Å². The summed E-state index contributed by atoms with van der Waals surface area (Å²) < 4.78 is 13.2. The predicted molar refractivity (Wildman–Crippen MR) is 120 cm³/mol. The van der Waals surface area contributed by atoms with E-state index in [1.54, 1.807) is 0 Å². The third kappa shape index (κ3) is 3.90. The minimum absolute atomic E-state index is 0.126. The van der Waals surface area contributed by atoms with Crippen LogP contribution in [-0.2, 0) is 17.8 Å². The van der Waals surface area contributed by atoms with Crippen molar-refractivity contribution in [3.63, 3.8) is 0 Å². The third-order valence-electron chi connectivity index (χ3n) is 5.23. The summed E-state index contributed by atoms with van der Waals surface area (Å²) in [5, 5.41) is 10.6. The molecule has 0 amide bonds. The number of hydrogen-bond donors (Lipinski definition) is 1. The number of thioether (sulfide) groups is 1. The zero-order valence-corrected chi connectivity index (χ0v) is 17.9. The van der Waals surface area contributed by atoms with Gasteiger partial charge < -0.3 is 19.0 Å². The quantitative estimate of drug-likeness (QED) is 0.441. The average Bonchev–Trinajstić information content (AvgIpc) is 3.41. The van der Waals surface area contributed by atoms with Gasteiger partial charge in [0.05, 0.1) is 5.75 Å². The fraction of sp³-hybridized carbons (Fsp3) is 0.261. The number of carbonyl (C=O) groups is 1. The second kappa shape index (κ2) is 8.47. The Morgan fingerprint density at radius 3 is 2.84 bits per heavy atom. The maximum absolute atomic E-state index is 12.6. The van der Waals surface area contributed by atoms with Crippen LogP contribution in [-0.4, -0.2) is 44.5 Å². The van der Waals surface area contributed by atoms with E-state index in [1.165, 1.54) is 11.8 Å². The summed E-state index contributed by atoms with van der Waals surface area (Å²) in [7, 11) is 0. The Labute approximate surface area is 183 Å². The molecule has 1 aliphatic rings. The van der Waals surface area contributed by atoms with Gasteiger partial charge in [0.1, 0.15) is 19.0 Å². The van der Waals surface area contributed by atoms with Gasteiger partial charge in [-0.2, -0.15) is 0 Å². The van der Waals surface area contributed by atoms with Crippen LogP contribution in [0.2, 0.25) is 0 Å². The second-order valence-corrected chi connectivity index (χ2v) is 8.22. The van der Waals surface area contributed by atoms with Gasteiger partial charge in [0.2, 0.25) is 0 Å². The molecule has 158 valence electrons. The van der Waals surface area contributed by atoms with Gasteiger partial charge in [-0.1, -0.05) is 36.0 Å². The SMILES string of the molecule is CCn1c(SCC(=O)Cc2ccc3c(c2)OCCO3)nnc1-c1c[nH]c2ccccc12. The highest BCUT2D eigenvalue weighted by atomic mass is 32.2. The van der Waals surface area contributed by atoms with Crippen molar-refractivity contribution in [1.29, 1.82) is 0 Å². The number of hydrogen-bond acceptors (Lipinski definition) is 6. The molecule has 0 saturated carbocycles. The monoisotopic (exact) mass is 434 g/mol. The number of Topliss-reactive ketones (excluding diaryl/α,β-unsaturated/α-hetero) is 1. The Bertz CT molecular complexity index is 1250. The third-order valence-corrected chi connectivity index (χ3v) is 6.26. The number of aromatic amines is 1. The lowest BCUT2D eigenvalue weighted by Crippen LogP contribution is -2.15. The lowest BCUT2D eigenvalue weighted by atomic mass is 10.1. The number of nitrogens with zero attached hydrogens (tertiary/aromatic N) is 3. The lowest BCUT2D eigenvalue weighted by molar-refractivity contribution is -0.116. The molecular weight excluding hydrogens is 412 g/mol. The zero-order valence-electron chi connectivity index (χ0n) is 17.1. The largest absolute Gasteiger partial charge is 0.486 e. The Morgan fingerprint density at radius 1 is 1.13 bits per heavy atom. The van der Waals surface area contributed by atoms with E-state index < -0.39 is 0 Å². The first-order valence-electron chi connectivity index (χ1n) is 10.3. The first kappa shape index (κ1) is 19.7. The van der Waals surface area contributed by atoms with Crippen molar-refractivity contribution in [3.05, 3.63) is 54.2 Å². The van der Waals surface area contributed by atoms with Gasteiger partial charge in [0.25, 0.3) is 0 Å². The number of nitrogens with one attached hydrogen (secondary N) is 1. The topological polar surface area (TPSA) is 82.0 Å². The van der Waals surface area contributed by atoms with Gasteiger partial charge in [0.15, 0.2) is 22.5 Å². The number of para-hydroxylation sites is 1. The van der Waals surface area contributed by atoms with Gasteiger partial charge in [-0.3, -0.25) is 4.79 Å². The fourth-order valence-electron chi connectivity index (χ4n) is 3.76. The number of H-pyrrole nitrogens is 1. The molecule has 3 heterocycles. The number of ketones is 1. The molecule has 5 rings (SSSR count). The summed E-state index contributed by atoms with van der Waals surface area (Å²) >= 11 is 1.42. The van der Waals surface area contributed by atoms with Gasteiger partial charge in [-0.15, -0.1) is 10.2 Å². The standard InChI is InChI=1S/C23H22N4O3S/c1-2-27-22(18-13-24-19-6-4-3-5-17(18)19)25-26-23(27)31-14-16(28)11-15-7-8-20-21(12-15)30-10-9-29-20/h3-8,12-13,24H,2,9-11,14H2,1H3. The number of aromatic nitrogens is 4. The van der Waals surface area contributed by atoms with Gasteiger partial charge >= 0.3 is 0 Å². The Morgan fingerprint density at radius 2 is 1.97 bits per heavy atom. The highest BCUT2D eigenvalue weighted by molar-refractivity contribution is 7.99. The molecular formula is C23H22N4O3S. The average molecular weight is 435 g/mol. The molecule has 0 atom stereocenters. The first-order chi connectivity index (χ1) is 15.2. The molecule has 0 spiro atoms. The summed E-state index contributed by atoms with van der Waals surface area (Å²) in [5.74, 6) is 2.71. The normalized spacial score (nSPS) is 12.9. The highest BCUT2D eigenvalue weighted by Gasteiger charge is 2.18. The molecule has 31 heavy (non-hydrogen) atoms. The Hall–Kier alpha value is -3.26. The molecule has 0 bridgehead atoms. The van der Waals surface area contributed by atoms with Crippen molar-refractivity contribution >= 4 is 28.4 Å². The van der Waals surface area contributed by atoms with Crippen LogP contribution >= 0.6 is 11.8 Å². The van der Waals surface area contributed by atoms with E-state index >= 15 is 0 Å². The molecule has 2 aromatic carbocycles. The molecule has 0 unspecified atom stereocenters. The zero-order chi connectivity index (χ0) is 21.2. The van der Waals surface area contributed by atoms with E-state index in [1.807, 2.05) is 42.6 Å². The van der Waals surface area contributed by atoms with E-state index in [4.69, 9.17) is 9.47 Å².